The third kappa shape index (κ3) is 8.55. The van der Waals surface area contributed by atoms with Gasteiger partial charge in [-0.2, -0.15) is 5.26 Å². The van der Waals surface area contributed by atoms with E-state index in [9.17, 15) is 14.9 Å². The normalized spacial score (nSPS) is 15.0. The molecule has 0 N–H and O–H groups in total. The van der Waals surface area contributed by atoms with Crippen molar-refractivity contribution in [1.29, 1.82) is 5.26 Å². The topological polar surface area (TPSA) is 101 Å². The highest BCUT2D eigenvalue weighted by Gasteiger charge is 2.37. The van der Waals surface area contributed by atoms with Crippen LogP contribution in [0.15, 0.2) is 72.8 Å². The van der Waals surface area contributed by atoms with E-state index in [2.05, 4.69) is 21.9 Å². The van der Waals surface area contributed by atoms with E-state index in [0.717, 1.165) is 79.2 Å². The van der Waals surface area contributed by atoms with Crippen molar-refractivity contribution in [2.24, 2.45) is 5.92 Å². The first-order valence-corrected chi connectivity index (χ1v) is 17.6. The molecule has 1 aliphatic rings. The standard InChI is InChI=1S/C41H49N3O6/c1-30(2)41(29-42,33-15-16-36(47-3)37(28-33)48-4)18-17-38(45)49-25-9-19-43-21-23-44(24-22-43)20-10-26-50-40(46)39-34-13-7-5-11-31(34)27-32-12-6-8-14-35(32)39/h5-8,11-16,27-28,30H,9-10,17-26H2,1-4H3. The van der Waals surface area contributed by atoms with Crippen molar-refractivity contribution in [3.8, 4) is 17.6 Å². The van der Waals surface area contributed by atoms with Crippen molar-refractivity contribution in [3.05, 3.63) is 83.9 Å². The first-order valence-electron chi connectivity index (χ1n) is 17.6. The molecule has 4 aromatic rings. The Labute approximate surface area is 295 Å². The molecule has 4 aromatic carbocycles. The van der Waals surface area contributed by atoms with Crippen LogP contribution in [-0.2, 0) is 19.7 Å². The van der Waals surface area contributed by atoms with Crippen molar-refractivity contribution in [2.45, 2.75) is 44.9 Å². The third-order valence-corrected chi connectivity index (χ3v) is 9.98. The molecule has 50 heavy (non-hydrogen) atoms. The lowest BCUT2D eigenvalue weighted by molar-refractivity contribution is -0.144. The average Bonchev–Trinajstić information content (AvgIpc) is 3.14. The molecule has 1 heterocycles. The summed E-state index contributed by atoms with van der Waals surface area (Å²) in [6.07, 6.45) is 2.05. The summed E-state index contributed by atoms with van der Waals surface area (Å²) in [6, 6.07) is 26.0. The van der Waals surface area contributed by atoms with Gasteiger partial charge in [0.25, 0.3) is 0 Å². The largest absolute Gasteiger partial charge is 0.493 e. The van der Waals surface area contributed by atoms with Crippen LogP contribution in [-0.4, -0.2) is 88.4 Å². The zero-order valence-corrected chi connectivity index (χ0v) is 29.8. The van der Waals surface area contributed by atoms with E-state index in [1.807, 2.05) is 74.5 Å². The Morgan fingerprint density at radius 2 is 1.34 bits per heavy atom. The molecule has 0 radical (unpaired) electrons. The summed E-state index contributed by atoms with van der Waals surface area (Å²) < 4.78 is 22.2. The molecule has 1 aliphatic heterocycles. The number of methoxy groups -OCH3 is 2. The Balaban J connectivity index is 0.994. The van der Waals surface area contributed by atoms with E-state index in [1.54, 1.807) is 20.3 Å². The molecule has 0 spiro atoms. The second kappa shape index (κ2) is 17.3. The molecule has 1 fully saturated rings. The molecule has 9 nitrogen and oxygen atoms in total. The fourth-order valence-corrected chi connectivity index (χ4v) is 6.97. The van der Waals surface area contributed by atoms with E-state index >= 15 is 0 Å². The predicted molar refractivity (Wildman–Crippen MR) is 196 cm³/mol. The smallest absolute Gasteiger partial charge is 0.339 e. The van der Waals surface area contributed by atoms with Crippen molar-refractivity contribution >= 4 is 33.5 Å². The lowest BCUT2D eigenvalue weighted by Crippen LogP contribution is -2.47. The summed E-state index contributed by atoms with van der Waals surface area (Å²) in [5, 5.41) is 14.2. The summed E-state index contributed by atoms with van der Waals surface area (Å²) >= 11 is 0. The molecule has 1 saturated heterocycles. The first-order chi connectivity index (χ1) is 24.3. The highest BCUT2D eigenvalue weighted by atomic mass is 16.5. The Bertz CT molecular complexity index is 1760. The highest BCUT2D eigenvalue weighted by Crippen LogP contribution is 2.40. The maximum absolute atomic E-state index is 13.3. The molecule has 5 rings (SSSR count). The second-order valence-electron chi connectivity index (χ2n) is 13.2. The Morgan fingerprint density at radius 1 is 0.780 bits per heavy atom. The van der Waals surface area contributed by atoms with Gasteiger partial charge in [-0.05, 0) is 70.5 Å². The molecule has 1 atom stereocenters. The number of ether oxygens (including phenoxy) is 4. The van der Waals surface area contributed by atoms with Crippen molar-refractivity contribution in [2.75, 3.05) is 66.7 Å². The summed E-state index contributed by atoms with van der Waals surface area (Å²) in [6.45, 7) is 10.2. The number of esters is 2. The molecule has 0 saturated carbocycles. The van der Waals surface area contributed by atoms with Crippen molar-refractivity contribution in [1.82, 2.24) is 9.80 Å². The van der Waals surface area contributed by atoms with Crippen LogP contribution in [0, 0.1) is 17.2 Å². The quantitative estimate of drug-likeness (QED) is 0.0704. The van der Waals surface area contributed by atoms with Crippen molar-refractivity contribution < 1.29 is 28.5 Å². The van der Waals surface area contributed by atoms with E-state index in [-0.39, 0.29) is 24.3 Å². The van der Waals surface area contributed by atoms with Gasteiger partial charge >= 0.3 is 11.9 Å². The van der Waals surface area contributed by atoms with Crippen LogP contribution in [0.25, 0.3) is 21.5 Å². The SMILES string of the molecule is COc1ccc(C(C#N)(CCC(=O)OCCCN2CCN(CCCOC(=O)c3c4ccccc4cc4ccccc34)CC2)C(C)C)cc1OC. The number of benzene rings is 4. The fraction of sp³-hybridized carbons (Fsp3) is 0.439. The molecule has 0 bridgehead atoms. The van der Waals surface area contributed by atoms with Gasteiger partial charge in [-0.25, -0.2) is 4.79 Å². The molecule has 0 aliphatic carbocycles. The first kappa shape index (κ1) is 36.6. The number of fused-ring (bicyclic) bond motifs is 2. The Kier molecular flexibility index (Phi) is 12.7. The lowest BCUT2D eigenvalue weighted by atomic mass is 9.70. The second-order valence-corrected chi connectivity index (χ2v) is 13.2. The van der Waals surface area contributed by atoms with Crippen LogP contribution in [0.4, 0.5) is 0 Å². The van der Waals surface area contributed by atoms with E-state index in [1.165, 1.54) is 0 Å². The maximum Gasteiger partial charge on any atom is 0.339 e. The van der Waals surface area contributed by atoms with Gasteiger partial charge in [0.05, 0.1) is 44.5 Å². The Morgan fingerprint density at radius 3 is 1.88 bits per heavy atom. The maximum atomic E-state index is 13.3. The number of carbonyl (C=O) groups excluding carboxylic acids is 2. The number of carbonyl (C=O) groups is 2. The molecular formula is C41H49N3O6. The van der Waals surface area contributed by atoms with Crippen LogP contribution in [0.2, 0.25) is 0 Å². The zero-order chi connectivity index (χ0) is 35.5. The van der Waals surface area contributed by atoms with Crippen molar-refractivity contribution in [3.63, 3.8) is 0 Å². The number of nitriles is 1. The monoisotopic (exact) mass is 679 g/mol. The van der Waals surface area contributed by atoms with Gasteiger partial charge in [-0.3, -0.25) is 4.79 Å². The van der Waals surface area contributed by atoms with Gasteiger partial charge in [0.15, 0.2) is 11.5 Å². The van der Waals surface area contributed by atoms with Crippen LogP contribution >= 0.6 is 0 Å². The highest BCUT2D eigenvalue weighted by molar-refractivity contribution is 6.16. The van der Waals surface area contributed by atoms with Gasteiger partial charge < -0.3 is 28.7 Å². The zero-order valence-electron chi connectivity index (χ0n) is 29.8. The average molecular weight is 680 g/mol. The summed E-state index contributed by atoms with van der Waals surface area (Å²) in [5.41, 5.74) is 0.583. The number of hydrogen-bond acceptors (Lipinski definition) is 9. The summed E-state index contributed by atoms with van der Waals surface area (Å²) in [4.78, 5) is 30.8. The minimum Gasteiger partial charge on any atom is -0.493 e. The van der Waals surface area contributed by atoms with Gasteiger partial charge in [-0.1, -0.05) is 68.4 Å². The third-order valence-electron chi connectivity index (χ3n) is 9.98. The van der Waals surface area contributed by atoms with Crippen LogP contribution in [0.3, 0.4) is 0 Å². The molecule has 0 aromatic heterocycles. The fourth-order valence-electron chi connectivity index (χ4n) is 6.97. The molecule has 9 heteroatoms. The number of piperazine rings is 1. The van der Waals surface area contributed by atoms with Crippen LogP contribution in [0.1, 0.15) is 55.5 Å². The minimum absolute atomic E-state index is 0.0251. The van der Waals surface area contributed by atoms with Gasteiger partial charge in [0, 0.05) is 45.7 Å². The predicted octanol–water partition coefficient (Wildman–Crippen LogP) is 7.01. The number of nitrogens with zero attached hydrogens (tertiary/aromatic N) is 3. The van der Waals surface area contributed by atoms with E-state index in [0.29, 0.717) is 36.7 Å². The van der Waals surface area contributed by atoms with Crippen LogP contribution < -0.4 is 9.47 Å². The lowest BCUT2D eigenvalue weighted by Gasteiger charge is -2.34. The molecule has 1 unspecified atom stereocenters. The minimum atomic E-state index is -0.856. The van der Waals surface area contributed by atoms with Gasteiger partial charge in [0.2, 0.25) is 0 Å². The van der Waals surface area contributed by atoms with Gasteiger partial charge in [-0.15, -0.1) is 0 Å². The molecule has 0 amide bonds. The summed E-state index contributed by atoms with van der Waals surface area (Å²) in [5.74, 6) is 0.567. The van der Waals surface area contributed by atoms with Gasteiger partial charge in [0.1, 0.15) is 0 Å². The van der Waals surface area contributed by atoms with Crippen LogP contribution in [0.5, 0.6) is 11.5 Å². The van der Waals surface area contributed by atoms with E-state index < -0.39 is 5.41 Å². The Hall–Kier alpha value is -4.65. The van der Waals surface area contributed by atoms with E-state index in [4.69, 9.17) is 18.9 Å². The number of hydrogen-bond donors (Lipinski definition) is 0. The summed E-state index contributed by atoms with van der Waals surface area (Å²) in [7, 11) is 3.14. The molecular weight excluding hydrogens is 630 g/mol. The number of rotatable bonds is 16. The molecule has 264 valence electrons.